The lowest BCUT2D eigenvalue weighted by atomic mass is 9.70. The molecule has 0 aromatic carbocycles. The topological polar surface area (TPSA) is 21.3 Å². The standard InChI is InChI=1S/C16H31NO/c1-15(2,13-7-10-17-12-13)8-9-16(3,4)14-6-5-11-18-14/h13-14,17H,5-12H2,1-4H3. The second-order valence-electron chi connectivity index (χ2n) is 7.67. The Morgan fingerprint density at radius 2 is 1.78 bits per heavy atom. The van der Waals surface area contributed by atoms with Gasteiger partial charge >= 0.3 is 0 Å². The predicted molar refractivity (Wildman–Crippen MR) is 76.7 cm³/mol. The van der Waals surface area contributed by atoms with E-state index in [-0.39, 0.29) is 0 Å². The smallest absolute Gasteiger partial charge is 0.0626 e. The van der Waals surface area contributed by atoms with Crippen molar-refractivity contribution in [1.82, 2.24) is 5.32 Å². The molecule has 2 heterocycles. The van der Waals surface area contributed by atoms with Crippen LogP contribution in [-0.4, -0.2) is 25.8 Å². The van der Waals surface area contributed by atoms with Crippen LogP contribution in [0, 0.1) is 16.7 Å². The van der Waals surface area contributed by atoms with Gasteiger partial charge in [0.05, 0.1) is 6.10 Å². The molecular formula is C16H31NO. The predicted octanol–water partition coefficient (Wildman–Crippen LogP) is 3.61. The van der Waals surface area contributed by atoms with E-state index in [4.69, 9.17) is 4.74 Å². The summed E-state index contributed by atoms with van der Waals surface area (Å²) < 4.78 is 5.90. The van der Waals surface area contributed by atoms with Crippen molar-refractivity contribution in [2.45, 2.75) is 65.9 Å². The van der Waals surface area contributed by atoms with Gasteiger partial charge in [0.15, 0.2) is 0 Å². The van der Waals surface area contributed by atoms with Crippen LogP contribution in [0.2, 0.25) is 0 Å². The van der Waals surface area contributed by atoms with E-state index in [0.717, 1.165) is 12.5 Å². The van der Waals surface area contributed by atoms with Crippen molar-refractivity contribution in [3.8, 4) is 0 Å². The Balaban J connectivity index is 1.85. The Kier molecular flexibility index (Phi) is 4.38. The molecule has 2 rings (SSSR count). The molecular weight excluding hydrogens is 222 g/mol. The summed E-state index contributed by atoms with van der Waals surface area (Å²) in [6.45, 7) is 13.1. The fourth-order valence-corrected chi connectivity index (χ4v) is 3.53. The van der Waals surface area contributed by atoms with Crippen LogP contribution < -0.4 is 5.32 Å². The summed E-state index contributed by atoms with van der Waals surface area (Å²) >= 11 is 0. The molecule has 0 amide bonds. The Hall–Kier alpha value is -0.0800. The summed E-state index contributed by atoms with van der Waals surface area (Å²) in [6.07, 6.45) is 6.98. The number of ether oxygens (including phenoxy) is 1. The van der Waals surface area contributed by atoms with E-state index in [1.807, 2.05) is 0 Å². The van der Waals surface area contributed by atoms with Crippen LogP contribution in [-0.2, 0) is 4.74 Å². The molecule has 2 saturated heterocycles. The molecule has 0 radical (unpaired) electrons. The van der Waals surface area contributed by atoms with E-state index in [2.05, 4.69) is 33.0 Å². The van der Waals surface area contributed by atoms with Gasteiger partial charge in [-0.05, 0) is 61.9 Å². The highest BCUT2D eigenvalue weighted by Gasteiger charge is 2.37. The molecule has 2 fully saturated rings. The van der Waals surface area contributed by atoms with Crippen molar-refractivity contribution in [2.75, 3.05) is 19.7 Å². The molecule has 0 aromatic rings. The van der Waals surface area contributed by atoms with Crippen molar-refractivity contribution < 1.29 is 4.74 Å². The van der Waals surface area contributed by atoms with Gasteiger partial charge in [-0.2, -0.15) is 0 Å². The SMILES string of the molecule is CC(C)(CCC(C)(C)C1CCCO1)C1CCNC1. The minimum Gasteiger partial charge on any atom is -0.378 e. The van der Waals surface area contributed by atoms with Gasteiger partial charge < -0.3 is 10.1 Å². The second-order valence-corrected chi connectivity index (χ2v) is 7.67. The molecule has 106 valence electrons. The summed E-state index contributed by atoms with van der Waals surface area (Å²) in [5.74, 6) is 0.859. The van der Waals surface area contributed by atoms with Crippen molar-refractivity contribution >= 4 is 0 Å². The van der Waals surface area contributed by atoms with Crippen molar-refractivity contribution in [2.24, 2.45) is 16.7 Å². The van der Waals surface area contributed by atoms with Crippen LogP contribution in [0.1, 0.15) is 59.8 Å². The largest absolute Gasteiger partial charge is 0.378 e. The first-order chi connectivity index (χ1) is 8.42. The van der Waals surface area contributed by atoms with Crippen LogP contribution in [0.3, 0.4) is 0 Å². The summed E-state index contributed by atoms with van der Waals surface area (Å²) in [5.41, 5.74) is 0.819. The molecule has 2 aliphatic heterocycles. The quantitative estimate of drug-likeness (QED) is 0.808. The first kappa shape index (κ1) is 14.3. The van der Waals surface area contributed by atoms with Crippen LogP contribution in [0.15, 0.2) is 0 Å². The van der Waals surface area contributed by atoms with Crippen molar-refractivity contribution in [1.29, 1.82) is 0 Å². The molecule has 2 unspecified atom stereocenters. The van der Waals surface area contributed by atoms with Gasteiger partial charge in [-0.25, -0.2) is 0 Å². The Morgan fingerprint density at radius 1 is 1.06 bits per heavy atom. The fourth-order valence-electron chi connectivity index (χ4n) is 3.53. The number of rotatable bonds is 5. The van der Waals surface area contributed by atoms with E-state index < -0.39 is 0 Å². The average molecular weight is 253 g/mol. The monoisotopic (exact) mass is 253 g/mol. The molecule has 1 N–H and O–H groups in total. The third kappa shape index (κ3) is 3.27. The lowest BCUT2D eigenvalue weighted by Crippen LogP contribution is -2.33. The number of hydrogen-bond donors (Lipinski definition) is 1. The average Bonchev–Trinajstić information content (AvgIpc) is 2.99. The number of nitrogens with one attached hydrogen (secondary N) is 1. The first-order valence-corrected chi connectivity index (χ1v) is 7.74. The van der Waals surface area contributed by atoms with Gasteiger partial charge in [0.2, 0.25) is 0 Å². The van der Waals surface area contributed by atoms with E-state index in [1.54, 1.807) is 0 Å². The lowest BCUT2D eigenvalue weighted by Gasteiger charge is -2.37. The van der Waals surface area contributed by atoms with Crippen molar-refractivity contribution in [3.63, 3.8) is 0 Å². The molecule has 2 heteroatoms. The third-order valence-corrected chi connectivity index (χ3v) is 5.38. The highest BCUT2D eigenvalue weighted by atomic mass is 16.5. The van der Waals surface area contributed by atoms with Crippen LogP contribution >= 0.6 is 0 Å². The zero-order valence-electron chi connectivity index (χ0n) is 12.7. The normalized spacial score (nSPS) is 30.0. The maximum absolute atomic E-state index is 5.90. The van der Waals surface area contributed by atoms with Gasteiger partial charge in [0.1, 0.15) is 0 Å². The van der Waals surface area contributed by atoms with Crippen molar-refractivity contribution in [3.05, 3.63) is 0 Å². The molecule has 2 atom stereocenters. The maximum atomic E-state index is 5.90. The highest BCUT2D eigenvalue weighted by Crippen LogP contribution is 2.42. The Labute approximate surface area is 113 Å². The molecule has 0 spiro atoms. The summed E-state index contributed by atoms with van der Waals surface area (Å²) in [7, 11) is 0. The summed E-state index contributed by atoms with van der Waals surface area (Å²) in [4.78, 5) is 0. The zero-order valence-corrected chi connectivity index (χ0v) is 12.7. The molecule has 0 aliphatic carbocycles. The second kappa shape index (κ2) is 5.50. The van der Waals surface area contributed by atoms with Crippen LogP contribution in [0.4, 0.5) is 0 Å². The van der Waals surface area contributed by atoms with Gasteiger partial charge in [0, 0.05) is 6.61 Å². The Morgan fingerprint density at radius 3 is 2.33 bits per heavy atom. The minimum absolute atomic E-state index is 0.347. The van der Waals surface area contributed by atoms with Gasteiger partial charge in [-0.15, -0.1) is 0 Å². The highest BCUT2D eigenvalue weighted by molar-refractivity contribution is 4.88. The van der Waals surface area contributed by atoms with E-state index in [0.29, 0.717) is 16.9 Å². The minimum atomic E-state index is 0.347. The summed E-state index contributed by atoms with van der Waals surface area (Å²) in [6, 6.07) is 0. The Bertz CT molecular complexity index is 232. The molecule has 0 aromatic heterocycles. The van der Waals surface area contributed by atoms with Gasteiger partial charge in [0.25, 0.3) is 0 Å². The molecule has 2 aliphatic rings. The third-order valence-electron chi connectivity index (χ3n) is 5.38. The van der Waals surface area contributed by atoms with Gasteiger partial charge in [-0.1, -0.05) is 27.7 Å². The molecule has 0 bridgehead atoms. The molecule has 2 nitrogen and oxygen atoms in total. The first-order valence-electron chi connectivity index (χ1n) is 7.74. The molecule has 0 saturated carbocycles. The van der Waals surface area contributed by atoms with E-state index in [9.17, 15) is 0 Å². The molecule has 18 heavy (non-hydrogen) atoms. The lowest BCUT2D eigenvalue weighted by molar-refractivity contribution is 0.00515. The van der Waals surface area contributed by atoms with Crippen LogP contribution in [0.25, 0.3) is 0 Å². The van der Waals surface area contributed by atoms with E-state index >= 15 is 0 Å². The van der Waals surface area contributed by atoms with E-state index in [1.165, 1.54) is 45.2 Å². The van der Waals surface area contributed by atoms with Crippen LogP contribution in [0.5, 0.6) is 0 Å². The van der Waals surface area contributed by atoms with Gasteiger partial charge in [-0.3, -0.25) is 0 Å². The summed E-state index contributed by atoms with van der Waals surface area (Å²) in [5, 5.41) is 3.51. The fraction of sp³-hybridized carbons (Fsp3) is 1.00. The zero-order chi connectivity index (χ0) is 13.2. The number of hydrogen-bond acceptors (Lipinski definition) is 2. The maximum Gasteiger partial charge on any atom is 0.0626 e.